The first-order chi connectivity index (χ1) is 19.7. The molecule has 0 aliphatic heterocycles. The molecule has 0 aliphatic rings. The third-order valence-corrected chi connectivity index (χ3v) is 6.80. The van der Waals surface area contributed by atoms with Crippen LogP contribution in [-0.4, -0.2) is 86.4 Å². The van der Waals surface area contributed by atoms with Crippen molar-refractivity contribution in [2.24, 2.45) is 5.73 Å². The van der Waals surface area contributed by atoms with Crippen LogP contribution in [0, 0.1) is 0 Å². The minimum absolute atomic E-state index is 0.0547. The Morgan fingerprint density at radius 2 is 1.12 bits per heavy atom. The van der Waals surface area contributed by atoms with Crippen molar-refractivity contribution in [1.29, 1.82) is 0 Å². The lowest BCUT2D eigenvalue weighted by atomic mass is 10.0. The number of fused-ring (bicyclic) bond motifs is 2. The Kier molecular flexibility index (Phi) is 9.34. The second-order valence-corrected chi connectivity index (χ2v) is 9.62. The minimum Gasteiger partial charge on any atom is -0.480 e. The number of hydrogen-bond donors (Lipinski definition) is 9. The molecule has 216 valence electrons. The zero-order valence-corrected chi connectivity index (χ0v) is 22.0. The smallest absolute Gasteiger partial charge is 0.326 e. The first-order valence-electron chi connectivity index (χ1n) is 12.9. The van der Waals surface area contributed by atoms with Crippen LogP contribution in [0.5, 0.6) is 0 Å². The zero-order chi connectivity index (χ0) is 29.5. The molecule has 10 N–H and O–H groups in total. The topological polar surface area (TPSA) is 223 Å². The van der Waals surface area contributed by atoms with Gasteiger partial charge in [-0.05, 0) is 29.7 Å². The van der Waals surface area contributed by atoms with Gasteiger partial charge in [-0.3, -0.25) is 14.4 Å². The monoisotopic (exact) mass is 564 g/mol. The number of hydrogen-bond acceptors (Lipinski definition) is 7. The number of para-hydroxylation sites is 2. The van der Waals surface area contributed by atoms with E-state index in [2.05, 4.69) is 25.9 Å². The van der Waals surface area contributed by atoms with Crippen molar-refractivity contribution in [2.45, 2.75) is 37.0 Å². The number of aromatic nitrogens is 2. The molecule has 4 atom stereocenters. The SMILES string of the molecule is NC(Cc1c[nH]c2ccccc12)C(=O)NC(CO)C(=O)NC(CO)C(=O)NC(Cc1c[nH]c2ccccc12)C(=O)O. The Morgan fingerprint density at radius 1 is 0.683 bits per heavy atom. The van der Waals surface area contributed by atoms with Gasteiger partial charge in [0.1, 0.15) is 18.1 Å². The second-order valence-electron chi connectivity index (χ2n) is 9.62. The van der Waals surface area contributed by atoms with Gasteiger partial charge in [0.25, 0.3) is 0 Å². The molecule has 2 aromatic heterocycles. The van der Waals surface area contributed by atoms with E-state index in [1.54, 1.807) is 18.5 Å². The lowest BCUT2D eigenvalue weighted by molar-refractivity contribution is -0.142. The number of carboxylic acids is 1. The molecule has 0 saturated heterocycles. The van der Waals surface area contributed by atoms with Crippen LogP contribution in [0.15, 0.2) is 60.9 Å². The predicted octanol–water partition coefficient (Wildman–Crippen LogP) is -0.715. The summed E-state index contributed by atoms with van der Waals surface area (Å²) in [6, 6.07) is 9.33. The molecular formula is C28H32N6O7. The summed E-state index contributed by atoms with van der Waals surface area (Å²) in [6.07, 6.45) is 3.49. The fraction of sp³-hybridized carbons (Fsp3) is 0.286. The summed E-state index contributed by atoms with van der Waals surface area (Å²) in [5, 5.41) is 37.8. The maximum atomic E-state index is 12.8. The van der Waals surface area contributed by atoms with E-state index >= 15 is 0 Å². The van der Waals surface area contributed by atoms with Gasteiger partial charge >= 0.3 is 5.97 Å². The van der Waals surface area contributed by atoms with Crippen LogP contribution >= 0.6 is 0 Å². The molecule has 0 aliphatic carbocycles. The number of rotatable bonds is 13. The zero-order valence-electron chi connectivity index (χ0n) is 22.0. The van der Waals surface area contributed by atoms with E-state index in [0.717, 1.165) is 27.4 Å². The molecule has 41 heavy (non-hydrogen) atoms. The Labute approximate surface area is 234 Å². The fourth-order valence-electron chi connectivity index (χ4n) is 4.56. The first-order valence-corrected chi connectivity index (χ1v) is 12.9. The van der Waals surface area contributed by atoms with E-state index in [1.807, 2.05) is 42.5 Å². The number of aliphatic hydroxyl groups is 2. The van der Waals surface area contributed by atoms with Gasteiger partial charge in [-0.15, -0.1) is 0 Å². The van der Waals surface area contributed by atoms with Gasteiger partial charge < -0.3 is 47.0 Å². The van der Waals surface area contributed by atoms with Gasteiger partial charge in [-0.25, -0.2) is 4.79 Å². The number of carbonyl (C=O) groups excluding carboxylic acids is 3. The molecule has 2 aromatic carbocycles. The summed E-state index contributed by atoms with van der Waals surface area (Å²) in [7, 11) is 0. The number of amides is 3. The minimum atomic E-state index is -1.54. The Bertz CT molecular complexity index is 1550. The highest BCUT2D eigenvalue weighted by atomic mass is 16.4. The maximum absolute atomic E-state index is 12.8. The third kappa shape index (κ3) is 6.90. The number of carbonyl (C=O) groups is 4. The Hall–Kier alpha value is -4.72. The normalized spacial score (nSPS) is 14.2. The Morgan fingerprint density at radius 3 is 1.61 bits per heavy atom. The fourth-order valence-corrected chi connectivity index (χ4v) is 4.56. The summed E-state index contributed by atoms with van der Waals surface area (Å²) < 4.78 is 0. The lowest BCUT2D eigenvalue weighted by Crippen LogP contribution is -2.59. The van der Waals surface area contributed by atoms with Crippen molar-refractivity contribution in [3.05, 3.63) is 72.1 Å². The van der Waals surface area contributed by atoms with Crippen molar-refractivity contribution in [1.82, 2.24) is 25.9 Å². The van der Waals surface area contributed by atoms with Crippen molar-refractivity contribution >= 4 is 45.5 Å². The molecule has 0 fully saturated rings. The van der Waals surface area contributed by atoms with Crippen LogP contribution in [0.1, 0.15) is 11.1 Å². The number of benzene rings is 2. The number of nitrogens with two attached hydrogens (primary N) is 1. The highest BCUT2D eigenvalue weighted by Crippen LogP contribution is 2.20. The van der Waals surface area contributed by atoms with Crippen LogP contribution < -0.4 is 21.7 Å². The molecule has 0 radical (unpaired) electrons. The second kappa shape index (κ2) is 13.1. The van der Waals surface area contributed by atoms with E-state index in [9.17, 15) is 34.5 Å². The van der Waals surface area contributed by atoms with Crippen LogP contribution in [0.25, 0.3) is 21.8 Å². The largest absolute Gasteiger partial charge is 0.480 e. The predicted molar refractivity (Wildman–Crippen MR) is 150 cm³/mol. The molecule has 13 nitrogen and oxygen atoms in total. The van der Waals surface area contributed by atoms with E-state index < -0.39 is 61.1 Å². The standard InChI is InChI=1S/C28H32N6O7/c29-19(9-15-11-30-20-7-3-1-5-17(15)20)25(37)33-23(13-35)27(39)34-24(14-36)26(38)32-22(28(40)41)10-16-12-31-21-8-4-2-6-18(16)21/h1-8,11-12,19,22-24,30-31,35-36H,9-10,13-14,29H2,(H,32,38)(H,33,37)(H,34,39)(H,40,41). The number of aliphatic hydroxyl groups excluding tert-OH is 2. The van der Waals surface area contributed by atoms with Gasteiger partial charge in [0.2, 0.25) is 17.7 Å². The number of aliphatic carboxylic acids is 1. The van der Waals surface area contributed by atoms with E-state index in [4.69, 9.17) is 5.73 Å². The summed E-state index contributed by atoms with van der Waals surface area (Å²) in [4.78, 5) is 56.3. The molecule has 0 saturated carbocycles. The van der Waals surface area contributed by atoms with Crippen LogP contribution in [0.3, 0.4) is 0 Å². The quantitative estimate of drug-likeness (QED) is 0.101. The molecular weight excluding hydrogens is 532 g/mol. The van der Waals surface area contributed by atoms with Crippen molar-refractivity contribution < 1.29 is 34.5 Å². The summed E-state index contributed by atoms with van der Waals surface area (Å²) in [5.41, 5.74) is 9.18. The average molecular weight is 565 g/mol. The first kappa shape index (κ1) is 29.3. The molecule has 4 rings (SSSR count). The van der Waals surface area contributed by atoms with Crippen molar-refractivity contribution in [2.75, 3.05) is 13.2 Å². The molecule has 0 spiro atoms. The van der Waals surface area contributed by atoms with E-state index in [-0.39, 0.29) is 12.8 Å². The van der Waals surface area contributed by atoms with Gasteiger partial charge in [0.05, 0.1) is 19.3 Å². The number of nitrogens with one attached hydrogen (secondary N) is 5. The summed E-state index contributed by atoms with van der Waals surface area (Å²) in [6.45, 7) is -1.67. The number of aromatic amines is 2. The highest BCUT2D eigenvalue weighted by molar-refractivity contribution is 5.95. The van der Waals surface area contributed by atoms with Gasteiger partial charge in [0, 0.05) is 40.6 Å². The highest BCUT2D eigenvalue weighted by Gasteiger charge is 2.30. The molecule has 4 unspecified atom stereocenters. The summed E-state index contributed by atoms with van der Waals surface area (Å²) >= 11 is 0. The summed E-state index contributed by atoms with van der Waals surface area (Å²) in [5.74, 6) is -3.93. The van der Waals surface area contributed by atoms with E-state index in [1.165, 1.54) is 0 Å². The van der Waals surface area contributed by atoms with Gasteiger partial charge in [0.15, 0.2) is 0 Å². The third-order valence-electron chi connectivity index (χ3n) is 6.80. The lowest BCUT2D eigenvalue weighted by Gasteiger charge is -2.23. The molecule has 4 aromatic rings. The number of H-pyrrole nitrogens is 2. The van der Waals surface area contributed by atoms with Crippen LogP contribution in [0.2, 0.25) is 0 Å². The van der Waals surface area contributed by atoms with Crippen LogP contribution in [-0.2, 0) is 32.0 Å². The molecule has 3 amide bonds. The van der Waals surface area contributed by atoms with Crippen molar-refractivity contribution in [3.8, 4) is 0 Å². The van der Waals surface area contributed by atoms with Gasteiger partial charge in [-0.1, -0.05) is 36.4 Å². The van der Waals surface area contributed by atoms with Crippen molar-refractivity contribution in [3.63, 3.8) is 0 Å². The molecule has 13 heteroatoms. The Balaban J connectivity index is 1.35. The average Bonchev–Trinajstić information content (AvgIpc) is 3.57. The van der Waals surface area contributed by atoms with Gasteiger partial charge in [-0.2, -0.15) is 0 Å². The number of carboxylic acid groups (broad SMARTS) is 1. The maximum Gasteiger partial charge on any atom is 0.326 e. The molecule has 2 heterocycles. The molecule has 0 bridgehead atoms. The van der Waals surface area contributed by atoms with Crippen LogP contribution in [0.4, 0.5) is 0 Å². The van der Waals surface area contributed by atoms with E-state index in [0.29, 0.717) is 5.56 Å².